The van der Waals surface area contributed by atoms with Crippen molar-refractivity contribution >= 4 is 43.3 Å². The molecule has 0 bridgehead atoms. The zero-order chi connectivity index (χ0) is 24.7. The van der Waals surface area contributed by atoms with E-state index < -0.39 is 16.1 Å². The number of rotatable bonds is 6. The van der Waals surface area contributed by atoms with E-state index in [1.165, 1.54) is 11.4 Å². The lowest BCUT2D eigenvalue weighted by atomic mass is 10.1. The Labute approximate surface area is 204 Å². The molecule has 9 heteroatoms. The van der Waals surface area contributed by atoms with Crippen molar-refractivity contribution in [1.82, 2.24) is 14.2 Å². The van der Waals surface area contributed by atoms with Gasteiger partial charge in [0.05, 0.1) is 12.0 Å². The number of ether oxygens (including phenoxy) is 1. The van der Waals surface area contributed by atoms with Crippen molar-refractivity contribution in [1.29, 1.82) is 0 Å². The largest absolute Gasteiger partial charge is 0.497 e. The van der Waals surface area contributed by atoms with Gasteiger partial charge in [-0.1, -0.05) is 24.3 Å². The molecule has 0 spiro atoms. The number of fused-ring (bicyclic) bond motifs is 2. The minimum Gasteiger partial charge on any atom is -0.497 e. The van der Waals surface area contributed by atoms with Crippen LogP contribution >= 0.6 is 0 Å². The maximum absolute atomic E-state index is 13.4. The quantitative estimate of drug-likeness (QED) is 0.444. The summed E-state index contributed by atoms with van der Waals surface area (Å²) in [6.07, 6.45) is 2.08. The minimum atomic E-state index is -3.88. The van der Waals surface area contributed by atoms with Crippen LogP contribution in [0.2, 0.25) is 0 Å². The standard InChI is InChI=1S/C26H26N4O4S/c1-29(35(32,33)22-8-6-18-5-7-21(34-2)14-20(18)15-22)24-10-12-30(26(24)31)16-17-3-4-19-9-11-28-25(27)23(19)13-17/h3-9,11,13-15,24H,10,12,16H2,1-2H3,(H2,27,28). The van der Waals surface area contributed by atoms with Gasteiger partial charge in [-0.2, -0.15) is 4.31 Å². The molecule has 5 rings (SSSR count). The Bertz CT molecular complexity index is 1550. The summed E-state index contributed by atoms with van der Waals surface area (Å²) < 4.78 is 33.3. The molecule has 0 saturated carbocycles. The molecule has 1 unspecified atom stereocenters. The zero-order valence-corrected chi connectivity index (χ0v) is 20.3. The van der Waals surface area contributed by atoms with E-state index >= 15 is 0 Å². The highest BCUT2D eigenvalue weighted by molar-refractivity contribution is 7.89. The number of benzene rings is 3. The fourth-order valence-corrected chi connectivity index (χ4v) is 5.98. The summed E-state index contributed by atoms with van der Waals surface area (Å²) in [5.74, 6) is 0.875. The third-order valence-corrected chi connectivity index (χ3v) is 8.50. The van der Waals surface area contributed by atoms with Gasteiger partial charge in [0, 0.05) is 31.7 Å². The molecule has 180 valence electrons. The second-order valence-electron chi connectivity index (χ2n) is 8.71. The average molecular weight is 491 g/mol. The third-order valence-electron chi connectivity index (χ3n) is 6.64. The first kappa shape index (κ1) is 23.1. The van der Waals surface area contributed by atoms with Gasteiger partial charge in [0.25, 0.3) is 0 Å². The summed E-state index contributed by atoms with van der Waals surface area (Å²) in [6, 6.07) is 17.4. The molecule has 1 amide bonds. The van der Waals surface area contributed by atoms with Crippen LogP contribution in [0, 0.1) is 0 Å². The van der Waals surface area contributed by atoms with Gasteiger partial charge >= 0.3 is 0 Å². The smallest absolute Gasteiger partial charge is 0.243 e. The Hall–Kier alpha value is -3.69. The molecule has 1 aromatic heterocycles. The molecule has 4 aromatic rings. The van der Waals surface area contributed by atoms with E-state index in [0.717, 1.165) is 27.1 Å². The van der Waals surface area contributed by atoms with E-state index in [-0.39, 0.29) is 10.8 Å². The summed E-state index contributed by atoms with van der Waals surface area (Å²) in [5.41, 5.74) is 6.92. The van der Waals surface area contributed by atoms with Crippen LogP contribution in [-0.2, 0) is 21.4 Å². The van der Waals surface area contributed by atoms with Crippen LogP contribution in [0.15, 0.2) is 71.8 Å². The predicted molar refractivity (Wildman–Crippen MR) is 135 cm³/mol. The van der Waals surface area contributed by atoms with E-state index in [1.807, 2.05) is 36.4 Å². The predicted octanol–water partition coefficient (Wildman–Crippen LogP) is 3.40. The topological polar surface area (TPSA) is 106 Å². The van der Waals surface area contributed by atoms with Crippen molar-refractivity contribution in [3.63, 3.8) is 0 Å². The van der Waals surface area contributed by atoms with Crippen molar-refractivity contribution in [3.8, 4) is 5.75 Å². The number of sulfonamides is 1. The third kappa shape index (κ3) is 4.17. The lowest BCUT2D eigenvalue weighted by molar-refractivity contribution is -0.131. The zero-order valence-electron chi connectivity index (χ0n) is 19.5. The van der Waals surface area contributed by atoms with Crippen LogP contribution in [0.3, 0.4) is 0 Å². The number of likely N-dealkylation sites (tertiary alicyclic amines) is 1. The van der Waals surface area contributed by atoms with Crippen molar-refractivity contribution in [2.75, 3.05) is 26.4 Å². The molecule has 2 N–H and O–H groups in total. The van der Waals surface area contributed by atoms with Gasteiger partial charge in [0.1, 0.15) is 17.6 Å². The van der Waals surface area contributed by atoms with Crippen molar-refractivity contribution in [3.05, 3.63) is 72.4 Å². The number of carbonyl (C=O) groups is 1. The second-order valence-corrected chi connectivity index (χ2v) is 10.7. The lowest BCUT2D eigenvalue weighted by Crippen LogP contribution is -2.42. The number of hydrogen-bond donors (Lipinski definition) is 1. The summed E-state index contributed by atoms with van der Waals surface area (Å²) in [7, 11) is -0.839. The summed E-state index contributed by atoms with van der Waals surface area (Å²) in [6.45, 7) is 0.849. The molecule has 8 nitrogen and oxygen atoms in total. The number of likely N-dealkylation sites (N-methyl/N-ethyl adjacent to an activating group) is 1. The molecule has 3 aromatic carbocycles. The molecule has 35 heavy (non-hydrogen) atoms. The SMILES string of the molecule is COc1ccc2ccc(S(=O)(=O)N(C)C3CCN(Cc4ccc5ccnc(N)c5c4)C3=O)cc2c1. The summed E-state index contributed by atoms with van der Waals surface area (Å²) in [5, 5.41) is 3.47. The molecule has 1 saturated heterocycles. The van der Waals surface area contributed by atoms with Crippen LogP contribution < -0.4 is 10.5 Å². The monoisotopic (exact) mass is 490 g/mol. The van der Waals surface area contributed by atoms with Crippen LogP contribution in [0.4, 0.5) is 5.82 Å². The number of carbonyl (C=O) groups excluding carboxylic acids is 1. The normalized spacial score (nSPS) is 16.5. The van der Waals surface area contributed by atoms with Crippen LogP contribution in [-0.4, -0.2) is 55.3 Å². The second kappa shape index (κ2) is 8.83. The lowest BCUT2D eigenvalue weighted by Gasteiger charge is -2.24. The van der Waals surface area contributed by atoms with Gasteiger partial charge in [-0.05, 0) is 64.5 Å². The van der Waals surface area contributed by atoms with Gasteiger partial charge in [-0.25, -0.2) is 13.4 Å². The average Bonchev–Trinajstić information content (AvgIpc) is 3.22. The van der Waals surface area contributed by atoms with E-state index in [9.17, 15) is 13.2 Å². The Morgan fingerprint density at radius 2 is 1.83 bits per heavy atom. The fourth-order valence-electron chi connectivity index (χ4n) is 4.60. The molecule has 1 fully saturated rings. The summed E-state index contributed by atoms with van der Waals surface area (Å²) in [4.78, 5) is 19.2. The van der Waals surface area contributed by atoms with Crippen LogP contribution in [0.5, 0.6) is 5.75 Å². The minimum absolute atomic E-state index is 0.143. The van der Waals surface area contributed by atoms with Crippen molar-refractivity contribution < 1.29 is 17.9 Å². The highest BCUT2D eigenvalue weighted by Gasteiger charge is 2.39. The van der Waals surface area contributed by atoms with Crippen molar-refractivity contribution in [2.24, 2.45) is 0 Å². The molecule has 2 heterocycles. The Balaban J connectivity index is 1.36. The number of methoxy groups -OCH3 is 1. The maximum atomic E-state index is 13.4. The first-order valence-electron chi connectivity index (χ1n) is 11.3. The van der Waals surface area contributed by atoms with E-state index in [2.05, 4.69) is 4.98 Å². The van der Waals surface area contributed by atoms with Crippen LogP contribution in [0.25, 0.3) is 21.5 Å². The number of amides is 1. The van der Waals surface area contributed by atoms with Gasteiger partial charge in [-0.15, -0.1) is 0 Å². The van der Waals surface area contributed by atoms with E-state index in [1.54, 1.807) is 42.5 Å². The van der Waals surface area contributed by atoms with E-state index in [0.29, 0.717) is 31.1 Å². The number of aromatic nitrogens is 1. The fraction of sp³-hybridized carbons (Fsp3) is 0.231. The molecule has 1 aliphatic heterocycles. The molecular weight excluding hydrogens is 464 g/mol. The molecule has 1 atom stereocenters. The van der Waals surface area contributed by atoms with Gasteiger partial charge in [0.15, 0.2) is 0 Å². The van der Waals surface area contributed by atoms with Gasteiger partial charge in [0.2, 0.25) is 15.9 Å². The Morgan fingerprint density at radius 1 is 1.06 bits per heavy atom. The number of nitrogen functional groups attached to an aromatic ring is 1. The molecule has 0 aliphatic carbocycles. The first-order chi connectivity index (χ1) is 16.8. The summed E-state index contributed by atoms with van der Waals surface area (Å²) >= 11 is 0. The highest BCUT2D eigenvalue weighted by Crippen LogP contribution is 2.29. The maximum Gasteiger partial charge on any atom is 0.243 e. The number of nitrogens with two attached hydrogens (primary N) is 1. The molecule has 0 radical (unpaired) electrons. The Morgan fingerprint density at radius 3 is 2.63 bits per heavy atom. The number of pyridine rings is 1. The molecular formula is C26H26N4O4S. The molecule has 1 aliphatic rings. The van der Waals surface area contributed by atoms with Gasteiger partial charge in [-0.3, -0.25) is 4.79 Å². The van der Waals surface area contributed by atoms with E-state index in [4.69, 9.17) is 10.5 Å². The number of hydrogen-bond acceptors (Lipinski definition) is 6. The van der Waals surface area contributed by atoms with Crippen molar-refractivity contribution in [2.45, 2.75) is 23.9 Å². The van der Waals surface area contributed by atoms with Crippen LogP contribution in [0.1, 0.15) is 12.0 Å². The highest BCUT2D eigenvalue weighted by atomic mass is 32.2. The van der Waals surface area contributed by atoms with Gasteiger partial charge < -0.3 is 15.4 Å². The Kier molecular flexibility index (Phi) is 5.82. The number of anilines is 1. The first-order valence-corrected chi connectivity index (χ1v) is 12.7. The number of nitrogens with zero attached hydrogens (tertiary/aromatic N) is 3.